The van der Waals surface area contributed by atoms with Gasteiger partial charge in [-0.3, -0.25) is 4.79 Å². The number of nitrogens with one attached hydrogen (secondary N) is 1. The van der Waals surface area contributed by atoms with Gasteiger partial charge in [-0.25, -0.2) is 0 Å². The number of rotatable bonds is 5. The molecule has 0 bridgehead atoms. The van der Waals surface area contributed by atoms with Crippen molar-refractivity contribution in [1.82, 2.24) is 20.2 Å². The standard InChI is InChI=1S/C22H25N5O2/c1-14-7-8-18(13-21(14)27-15(2)24-25-26-27)23-22(28)12-17-6-4-5-16-11-19(29-3)9-10-20(16)17/h7-11,13,17H,4-6,12H2,1-3H3,(H,23,28). The molecule has 0 fully saturated rings. The summed E-state index contributed by atoms with van der Waals surface area (Å²) >= 11 is 0. The van der Waals surface area contributed by atoms with Gasteiger partial charge >= 0.3 is 0 Å². The molecule has 0 spiro atoms. The molecule has 3 aromatic rings. The molecule has 1 aromatic heterocycles. The average Bonchev–Trinajstić information content (AvgIpc) is 3.15. The molecule has 1 aliphatic carbocycles. The molecule has 1 unspecified atom stereocenters. The van der Waals surface area contributed by atoms with Crippen LogP contribution in [0.15, 0.2) is 36.4 Å². The van der Waals surface area contributed by atoms with E-state index in [2.05, 4.69) is 33.0 Å². The number of carbonyl (C=O) groups excluding carboxylic acids is 1. The van der Waals surface area contributed by atoms with Crippen LogP contribution in [0.1, 0.15) is 47.7 Å². The summed E-state index contributed by atoms with van der Waals surface area (Å²) in [5.41, 5.74) is 5.20. The van der Waals surface area contributed by atoms with Crippen LogP contribution in [0.25, 0.3) is 5.69 Å². The number of hydrogen-bond acceptors (Lipinski definition) is 5. The first-order valence-electron chi connectivity index (χ1n) is 9.88. The summed E-state index contributed by atoms with van der Waals surface area (Å²) in [5.74, 6) is 1.82. The van der Waals surface area contributed by atoms with Gasteiger partial charge in [0.1, 0.15) is 5.75 Å². The van der Waals surface area contributed by atoms with E-state index in [0.717, 1.165) is 42.0 Å². The quantitative estimate of drug-likeness (QED) is 0.716. The van der Waals surface area contributed by atoms with E-state index in [0.29, 0.717) is 12.2 Å². The molecule has 1 N–H and O–H groups in total. The Morgan fingerprint density at radius 3 is 2.86 bits per heavy atom. The molecule has 150 valence electrons. The second-order valence-corrected chi connectivity index (χ2v) is 7.55. The molecule has 1 atom stereocenters. The van der Waals surface area contributed by atoms with Crippen LogP contribution in [0, 0.1) is 13.8 Å². The molecule has 1 heterocycles. The van der Waals surface area contributed by atoms with Crippen molar-refractivity contribution in [3.63, 3.8) is 0 Å². The summed E-state index contributed by atoms with van der Waals surface area (Å²) in [6, 6.07) is 12.0. The van der Waals surface area contributed by atoms with Gasteiger partial charge in [0.2, 0.25) is 5.91 Å². The van der Waals surface area contributed by atoms with E-state index >= 15 is 0 Å². The molecule has 7 heteroatoms. The zero-order chi connectivity index (χ0) is 20.4. The zero-order valence-electron chi connectivity index (χ0n) is 17.0. The average molecular weight is 391 g/mol. The van der Waals surface area contributed by atoms with E-state index in [-0.39, 0.29) is 11.8 Å². The summed E-state index contributed by atoms with van der Waals surface area (Å²) in [6.45, 7) is 3.84. The molecule has 0 saturated carbocycles. The monoisotopic (exact) mass is 391 g/mol. The fourth-order valence-electron chi connectivity index (χ4n) is 4.04. The number of anilines is 1. The Hall–Kier alpha value is -3.22. The maximum Gasteiger partial charge on any atom is 0.224 e. The van der Waals surface area contributed by atoms with Gasteiger partial charge in [-0.05, 0) is 90.4 Å². The third kappa shape index (κ3) is 3.99. The smallest absolute Gasteiger partial charge is 0.224 e. The number of aromatic nitrogens is 4. The second kappa shape index (κ2) is 8.03. The zero-order valence-corrected chi connectivity index (χ0v) is 17.0. The van der Waals surface area contributed by atoms with Gasteiger partial charge in [0, 0.05) is 12.1 Å². The number of fused-ring (bicyclic) bond motifs is 1. The number of nitrogens with zero attached hydrogens (tertiary/aromatic N) is 4. The van der Waals surface area contributed by atoms with Crippen LogP contribution in [-0.4, -0.2) is 33.2 Å². The van der Waals surface area contributed by atoms with Gasteiger partial charge in [-0.1, -0.05) is 12.1 Å². The van der Waals surface area contributed by atoms with Crippen LogP contribution in [0.5, 0.6) is 5.75 Å². The lowest BCUT2D eigenvalue weighted by Crippen LogP contribution is -2.19. The Balaban J connectivity index is 1.50. The van der Waals surface area contributed by atoms with E-state index in [4.69, 9.17) is 4.74 Å². The number of amides is 1. The first-order chi connectivity index (χ1) is 14.0. The van der Waals surface area contributed by atoms with Crippen LogP contribution in [0.2, 0.25) is 0 Å². The first kappa shape index (κ1) is 19.1. The SMILES string of the molecule is COc1ccc2c(c1)CCCC2CC(=O)Nc1ccc(C)c(-n2nnnc2C)c1. The molecular formula is C22H25N5O2. The number of hydrogen-bond donors (Lipinski definition) is 1. The highest BCUT2D eigenvalue weighted by molar-refractivity contribution is 5.91. The number of benzene rings is 2. The summed E-state index contributed by atoms with van der Waals surface area (Å²) < 4.78 is 7.02. The fraction of sp³-hybridized carbons (Fsp3) is 0.364. The van der Waals surface area contributed by atoms with Crippen molar-refractivity contribution in [2.24, 2.45) is 0 Å². The number of aryl methyl sites for hydroxylation is 3. The predicted octanol–water partition coefficient (Wildman–Crippen LogP) is 3.74. The van der Waals surface area contributed by atoms with Gasteiger partial charge in [-0.15, -0.1) is 5.10 Å². The summed E-state index contributed by atoms with van der Waals surface area (Å²) in [5, 5.41) is 14.7. The van der Waals surface area contributed by atoms with Gasteiger partial charge < -0.3 is 10.1 Å². The molecule has 1 amide bonds. The van der Waals surface area contributed by atoms with Gasteiger partial charge in [0.15, 0.2) is 5.82 Å². The minimum Gasteiger partial charge on any atom is -0.497 e. The number of tetrazole rings is 1. The van der Waals surface area contributed by atoms with E-state index in [1.807, 2.05) is 38.1 Å². The minimum absolute atomic E-state index is 0.0157. The maximum absolute atomic E-state index is 12.8. The first-order valence-corrected chi connectivity index (χ1v) is 9.88. The molecular weight excluding hydrogens is 366 g/mol. The summed E-state index contributed by atoms with van der Waals surface area (Å²) in [7, 11) is 1.68. The van der Waals surface area contributed by atoms with Crippen molar-refractivity contribution in [1.29, 1.82) is 0 Å². The van der Waals surface area contributed by atoms with E-state index in [9.17, 15) is 4.79 Å². The molecule has 0 radical (unpaired) electrons. The largest absolute Gasteiger partial charge is 0.497 e. The molecule has 4 rings (SSSR count). The van der Waals surface area contributed by atoms with Crippen molar-refractivity contribution in [3.05, 3.63) is 58.9 Å². The third-order valence-electron chi connectivity index (χ3n) is 5.57. The fourth-order valence-corrected chi connectivity index (χ4v) is 4.04. The normalized spacial score (nSPS) is 15.6. The van der Waals surface area contributed by atoms with Gasteiger partial charge in [0.05, 0.1) is 12.8 Å². The molecule has 29 heavy (non-hydrogen) atoms. The van der Waals surface area contributed by atoms with Crippen molar-refractivity contribution >= 4 is 11.6 Å². The highest BCUT2D eigenvalue weighted by atomic mass is 16.5. The third-order valence-corrected chi connectivity index (χ3v) is 5.57. The maximum atomic E-state index is 12.8. The molecule has 0 aliphatic heterocycles. The van der Waals surface area contributed by atoms with Gasteiger partial charge in [0.25, 0.3) is 0 Å². The van der Waals surface area contributed by atoms with Crippen molar-refractivity contribution in [2.75, 3.05) is 12.4 Å². The van der Waals surface area contributed by atoms with E-state index < -0.39 is 0 Å². The number of ether oxygens (including phenoxy) is 1. The van der Waals surface area contributed by atoms with Gasteiger partial charge in [-0.2, -0.15) is 4.68 Å². The molecule has 2 aromatic carbocycles. The Kier molecular flexibility index (Phi) is 5.29. The van der Waals surface area contributed by atoms with E-state index in [1.165, 1.54) is 11.1 Å². The Morgan fingerprint density at radius 2 is 2.10 bits per heavy atom. The van der Waals surface area contributed by atoms with Crippen molar-refractivity contribution < 1.29 is 9.53 Å². The molecule has 0 saturated heterocycles. The highest BCUT2D eigenvalue weighted by Gasteiger charge is 2.23. The predicted molar refractivity (Wildman–Crippen MR) is 111 cm³/mol. The Morgan fingerprint density at radius 1 is 1.24 bits per heavy atom. The summed E-state index contributed by atoms with van der Waals surface area (Å²) in [6.07, 6.45) is 3.62. The van der Waals surface area contributed by atoms with Crippen LogP contribution in [0.4, 0.5) is 5.69 Å². The van der Waals surface area contributed by atoms with E-state index in [1.54, 1.807) is 11.8 Å². The number of methoxy groups -OCH3 is 1. The van der Waals surface area contributed by atoms with Crippen molar-refractivity contribution in [2.45, 2.75) is 45.4 Å². The highest BCUT2D eigenvalue weighted by Crippen LogP contribution is 2.36. The van der Waals surface area contributed by atoms with Crippen LogP contribution >= 0.6 is 0 Å². The Labute approximate surface area is 170 Å². The summed E-state index contributed by atoms with van der Waals surface area (Å²) in [4.78, 5) is 12.8. The van der Waals surface area contributed by atoms with Crippen LogP contribution in [0.3, 0.4) is 0 Å². The van der Waals surface area contributed by atoms with Crippen LogP contribution in [-0.2, 0) is 11.2 Å². The minimum atomic E-state index is 0.0157. The molecule has 7 nitrogen and oxygen atoms in total. The van der Waals surface area contributed by atoms with Crippen LogP contribution < -0.4 is 10.1 Å². The lowest BCUT2D eigenvalue weighted by atomic mass is 9.81. The second-order valence-electron chi connectivity index (χ2n) is 7.55. The lowest BCUT2D eigenvalue weighted by Gasteiger charge is -2.25. The van der Waals surface area contributed by atoms with Crippen molar-refractivity contribution in [3.8, 4) is 11.4 Å². The Bertz CT molecular complexity index is 1040. The molecule has 1 aliphatic rings. The topological polar surface area (TPSA) is 81.9 Å². The number of carbonyl (C=O) groups is 1. The lowest BCUT2D eigenvalue weighted by molar-refractivity contribution is -0.116.